The van der Waals surface area contributed by atoms with E-state index in [1.807, 2.05) is 5.38 Å². The maximum atomic E-state index is 12.2. The average Bonchev–Trinajstić information content (AvgIpc) is 3.16. The summed E-state index contributed by atoms with van der Waals surface area (Å²) in [6.45, 7) is -0.173. The highest BCUT2D eigenvalue weighted by Crippen LogP contribution is 2.30. The number of fused-ring (bicyclic) bond motifs is 1. The first-order valence-electron chi connectivity index (χ1n) is 9.04. The Morgan fingerprint density at radius 2 is 1.93 bits per heavy atom. The van der Waals surface area contributed by atoms with E-state index < -0.39 is 0 Å². The zero-order chi connectivity index (χ0) is 19.5. The molecule has 1 aliphatic rings. The number of carbonyl (C=O) groups excluding carboxylic acids is 1. The van der Waals surface area contributed by atoms with Gasteiger partial charge in [0.05, 0.1) is 10.7 Å². The minimum atomic E-state index is -0.303. The van der Waals surface area contributed by atoms with Gasteiger partial charge < -0.3 is 4.74 Å². The molecule has 2 aromatic carbocycles. The molecule has 0 bridgehead atoms. The summed E-state index contributed by atoms with van der Waals surface area (Å²) in [5, 5.41) is 6.16. The third-order valence-corrected chi connectivity index (χ3v) is 5.95. The van der Waals surface area contributed by atoms with Gasteiger partial charge in [-0.05, 0) is 55.0 Å². The average molecular weight is 433 g/mol. The summed E-state index contributed by atoms with van der Waals surface area (Å²) >= 11 is 13.3. The molecule has 0 atom stereocenters. The zero-order valence-electron chi connectivity index (χ0n) is 15.0. The molecule has 0 saturated heterocycles. The number of rotatable bonds is 5. The number of aromatic nitrogens is 1. The Morgan fingerprint density at radius 1 is 1.11 bits per heavy atom. The molecule has 1 amide bonds. The number of nitrogens with one attached hydrogen (secondary N) is 1. The first-order chi connectivity index (χ1) is 13.6. The fourth-order valence-corrected chi connectivity index (χ4v) is 4.31. The number of carbonyl (C=O) groups is 1. The maximum absolute atomic E-state index is 12.2. The molecule has 0 fully saturated rings. The first kappa shape index (κ1) is 19.2. The van der Waals surface area contributed by atoms with Crippen molar-refractivity contribution in [2.45, 2.75) is 25.7 Å². The summed E-state index contributed by atoms with van der Waals surface area (Å²) in [6.07, 6.45) is 4.79. The fraction of sp³-hybridized carbons (Fsp3) is 0.238. The normalized spacial score (nSPS) is 13.1. The lowest BCUT2D eigenvalue weighted by Crippen LogP contribution is -2.20. The number of ether oxygens (including phenoxy) is 1. The van der Waals surface area contributed by atoms with Gasteiger partial charge in [0.2, 0.25) is 0 Å². The molecule has 0 unspecified atom stereocenters. The van der Waals surface area contributed by atoms with E-state index in [1.54, 1.807) is 18.2 Å². The summed E-state index contributed by atoms with van der Waals surface area (Å²) in [4.78, 5) is 16.7. The van der Waals surface area contributed by atoms with Gasteiger partial charge in [-0.1, -0.05) is 35.3 Å². The van der Waals surface area contributed by atoms with Crippen LogP contribution < -0.4 is 10.1 Å². The van der Waals surface area contributed by atoms with Crippen molar-refractivity contribution in [3.63, 3.8) is 0 Å². The largest absolute Gasteiger partial charge is 0.482 e. The highest BCUT2D eigenvalue weighted by Gasteiger charge is 2.13. The maximum Gasteiger partial charge on any atom is 0.264 e. The Labute approximate surface area is 177 Å². The van der Waals surface area contributed by atoms with Crippen molar-refractivity contribution in [1.29, 1.82) is 0 Å². The second-order valence-corrected chi connectivity index (χ2v) is 8.34. The minimum absolute atomic E-state index is 0.173. The number of nitrogens with zero attached hydrogens (tertiary/aromatic N) is 1. The van der Waals surface area contributed by atoms with Crippen LogP contribution in [0.5, 0.6) is 5.75 Å². The number of benzene rings is 2. The van der Waals surface area contributed by atoms with E-state index in [-0.39, 0.29) is 12.5 Å². The van der Waals surface area contributed by atoms with Crippen LogP contribution in [0.3, 0.4) is 0 Å². The van der Waals surface area contributed by atoms with Gasteiger partial charge in [-0.15, -0.1) is 11.3 Å². The van der Waals surface area contributed by atoms with Crippen molar-refractivity contribution >= 4 is 45.6 Å². The molecular formula is C21H18Cl2N2O2S. The molecule has 0 saturated carbocycles. The van der Waals surface area contributed by atoms with Crippen molar-refractivity contribution in [3.8, 4) is 17.0 Å². The predicted molar refractivity (Wildman–Crippen MR) is 115 cm³/mol. The third-order valence-electron chi connectivity index (χ3n) is 4.65. The standard InChI is InChI=1S/C21H18Cl2N2O2S/c22-16-7-8-17(23)19(10-16)27-11-20(26)25-21-24-18(12-28-21)15-6-5-13-3-1-2-4-14(13)9-15/h5-10,12H,1-4,11H2,(H,24,25,26). The van der Waals surface area contributed by atoms with Crippen molar-refractivity contribution in [2.75, 3.05) is 11.9 Å². The van der Waals surface area contributed by atoms with E-state index in [0.29, 0.717) is 20.9 Å². The molecule has 4 nitrogen and oxygen atoms in total. The lowest BCUT2D eigenvalue weighted by Gasteiger charge is -2.16. The van der Waals surface area contributed by atoms with Crippen molar-refractivity contribution < 1.29 is 9.53 Å². The first-order valence-corrected chi connectivity index (χ1v) is 10.7. The molecule has 4 rings (SSSR count). The van der Waals surface area contributed by atoms with Crippen LogP contribution in [0.1, 0.15) is 24.0 Å². The molecule has 3 aromatic rings. The minimum Gasteiger partial charge on any atom is -0.482 e. The van der Waals surface area contributed by atoms with Gasteiger partial charge in [0.25, 0.3) is 5.91 Å². The van der Waals surface area contributed by atoms with Crippen LogP contribution >= 0.6 is 34.5 Å². The third kappa shape index (κ3) is 4.49. The number of hydrogen-bond donors (Lipinski definition) is 1. The molecule has 1 N–H and O–H groups in total. The monoisotopic (exact) mass is 432 g/mol. The zero-order valence-corrected chi connectivity index (χ0v) is 17.3. The highest BCUT2D eigenvalue weighted by atomic mass is 35.5. The summed E-state index contributed by atoms with van der Waals surface area (Å²) in [7, 11) is 0. The van der Waals surface area contributed by atoms with Crippen LogP contribution in [-0.4, -0.2) is 17.5 Å². The SMILES string of the molecule is O=C(COc1cc(Cl)ccc1Cl)Nc1nc(-c2ccc3c(c2)CCCC3)cs1. The summed E-state index contributed by atoms with van der Waals surface area (Å²) in [5.41, 5.74) is 4.80. The second-order valence-electron chi connectivity index (χ2n) is 6.64. The molecule has 1 aliphatic carbocycles. The lowest BCUT2D eigenvalue weighted by molar-refractivity contribution is -0.118. The van der Waals surface area contributed by atoms with Crippen LogP contribution in [0.4, 0.5) is 5.13 Å². The van der Waals surface area contributed by atoms with E-state index >= 15 is 0 Å². The topological polar surface area (TPSA) is 51.2 Å². The summed E-state index contributed by atoms with van der Waals surface area (Å²) in [5.74, 6) is 0.0700. The second kappa shape index (κ2) is 8.52. The number of aryl methyl sites for hydroxylation is 2. The molecule has 0 aliphatic heterocycles. The Bertz CT molecular complexity index is 1020. The molecule has 28 heavy (non-hydrogen) atoms. The van der Waals surface area contributed by atoms with Gasteiger partial charge in [-0.2, -0.15) is 0 Å². The fourth-order valence-electron chi connectivity index (χ4n) is 3.24. The van der Waals surface area contributed by atoms with Crippen LogP contribution in [-0.2, 0) is 17.6 Å². The molecule has 0 radical (unpaired) electrons. The highest BCUT2D eigenvalue weighted by molar-refractivity contribution is 7.14. The quantitative estimate of drug-likeness (QED) is 0.536. The Morgan fingerprint density at radius 3 is 2.79 bits per heavy atom. The summed E-state index contributed by atoms with van der Waals surface area (Å²) < 4.78 is 5.45. The Balaban J connectivity index is 1.39. The molecule has 1 heterocycles. The molecule has 0 spiro atoms. The molecule has 7 heteroatoms. The van der Waals surface area contributed by atoms with Gasteiger partial charge >= 0.3 is 0 Å². The van der Waals surface area contributed by atoms with E-state index in [9.17, 15) is 4.79 Å². The van der Waals surface area contributed by atoms with Crippen molar-refractivity contribution in [3.05, 3.63) is 63.0 Å². The molecule has 1 aromatic heterocycles. The van der Waals surface area contributed by atoms with Gasteiger partial charge in [0.15, 0.2) is 11.7 Å². The summed E-state index contributed by atoms with van der Waals surface area (Å²) in [6, 6.07) is 11.4. The lowest BCUT2D eigenvalue weighted by atomic mass is 9.90. The number of anilines is 1. The van der Waals surface area contributed by atoms with E-state index in [2.05, 4.69) is 28.5 Å². The van der Waals surface area contributed by atoms with Crippen molar-refractivity contribution in [1.82, 2.24) is 4.98 Å². The number of halogens is 2. The van der Waals surface area contributed by atoms with Crippen LogP contribution in [0.25, 0.3) is 11.3 Å². The molecule has 144 valence electrons. The van der Waals surface area contributed by atoms with E-state index in [1.165, 1.54) is 35.3 Å². The van der Waals surface area contributed by atoms with E-state index in [4.69, 9.17) is 27.9 Å². The number of thiazole rings is 1. The number of hydrogen-bond acceptors (Lipinski definition) is 4. The van der Waals surface area contributed by atoms with Gasteiger partial charge in [-0.25, -0.2) is 4.98 Å². The predicted octanol–water partition coefficient (Wildman–Crippen LogP) is 6.01. The van der Waals surface area contributed by atoms with Crippen LogP contribution in [0.2, 0.25) is 10.0 Å². The smallest absolute Gasteiger partial charge is 0.264 e. The molecular weight excluding hydrogens is 415 g/mol. The van der Waals surface area contributed by atoms with Gasteiger partial charge in [0.1, 0.15) is 5.75 Å². The van der Waals surface area contributed by atoms with Gasteiger partial charge in [0, 0.05) is 22.0 Å². The van der Waals surface area contributed by atoms with Crippen LogP contribution in [0, 0.1) is 0 Å². The van der Waals surface area contributed by atoms with E-state index in [0.717, 1.165) is 24.1 Å². The Hall–Kier alpha value is -2.08. The van der Waals surface area contributed by atoms with Crippen molar-refractivity contribution in [2.24, 2.45) is 0 Å². The van der Waals surface area contributed by atoms with Gasteiger partial charge in [-0.3, -0.25) is 10.1 Å². The van der Waals surface area contributed by atoms with Crippen LogP contribution in [0.15, 0.2) is 41.8 Å². The Kier molecular flexibility index (Phi) is 5.85. The number of amides is 1.